The van der Waals surface area contributed by atoms with Gasteiger partial charge in [-0.15, -0.1) is 0 Å². The number of carbonyl (C=O) groups is 1. The van der Waals surface area contributed by atoms with E-state index in [1.54, 1.807) is 6.29 Å². The summed E-state index contributed by atoms with van der Waals surface area (Å²) in [6.07, 6.45) is 12.2. The van der Waals surface area contributed by atoms with Gasteiger partial charge in [0, 0.05) is 0 Å². The van der Waals surface area contributed by atoms with E-state index in [1.165, 1.54) is 38.5 Å². The number of hydrogen-bond donors (Lipinski definition) is 3. The molecule has 6 heteroatoms. The van der Waals surface area contributed by atoms with Gasteiger partial charge in [-0.2, -0.15) is 6.42 Å². The SMILES string of the molecule is [CH2-]C[C@@H]([C-]=O)NC(=O)CC1(CCCCCCCCC)NN1.[Cs+]. The first-order valence-corrected chi connectivity index (χ1v) is 8.16. The molecule has 3 N–H and O–H groups in total. The fourth-order valence-electron chi connectivity index (χ4n) is 2.45. The van der Waals surface area contributed by atoms with Gasteiger partial charge in [0.25, 0.3) is 0 Å². The van der Waals surface area contributed by atoms with E-state index in [9.17, 15) is 9.59 Å². The molecule has 0 saturated carbocycles. The Hall–Kier alpha value is 1.11. The Balaban J connectivity index is 0.00000441. The summed E-state index contributed by atoms with van der Waals surface area (Å²) in [5.74, 6) is -0.132. The van der Waals surface area contributed by atoms with Crippen LogP contribution in [-0.2, 0) is 9.59 Å². The average Bonchev–Trinajstić information content (AvgIpc) is 3.23. The fourth-order valence-corrected chi connectivity index (χ4v) is 2.45. The van der Waals surface area contributed by atoms with Crippen molar-refractivity contribution >= 4 is 12.2 Å². The van der Waals surface area contributed by atoms with Crippen LogP contribution in [0.1, 0.15) is 71.1 Å². The van der Waals surface area contributed by atoms with E-state index in [-0.39, 0.29) is 80.5 Å². The van der Waals surface area contributed by atoms with Crippen LogP contribution in [0.25, 0.3) is 0 Å². The molecule has 0 unspecified atom stereocenters. The molecule has 0 bridgehead atoms. The number of hydrogen-bond acceptors (Lipinski definition) is 4. The summed E-state index contributed by atoms with van der Waals surface area (Å²) in [5.41, 5.74) is 5.89. The Morgan fingerprint density at radius 2 is 1.77 bits per heavy atom. The molecule has 122 valence electrons. The molecule has 0 aliphatic carbocycles. The zero-order valence-corrected chi connectivity index (χ0v) is 20.5. The Bertz CT molecular complexity index is 323. The molecule has 1 aliphatic heterocycles. The third-order valence-electron chi connectivity index (χ3n) is 3.91. The second-order valence-electron chi connectivity index (χ2n) is 5.91. The third-order valence-corrected chi connectivity index (χ3v) is 3.91. The van der Waals surface area contributed by atoms with Crippen molar-refractivity contribution in [1.82, 2.24) is 16.2 Å². The first kappa shape index (κ1) is 23.1. The van der Waals surface area contributed by atoms with E-state index < -0.39 is 6.04 Å². The number of rotatable bonds is 13. The molecule has 1 fully saturated rings. The van der Waals surface area contributed by atoms with Crippen molar-refractivity contribution in [3.05, 3.63) is 6.92 Å². The molecule has 0 radical (unpaired) electrons. The molecule has 5 nitrogen and oxygen atoms in total. The quantitative estimate of drug-likeness (QED) is 0.203. The molecular weight excluding hydrogens is 399 g/mol. The first-order chi connectivity index (χ1) is 10.2. The second-order valence-corrected chi connectivity index (χ2v) is 5.91. The minimum Gasteiger partial charge on any atom is -0.540 e. The van der Waals surface area contributed by atoms with Crippen LogP contribution in [0.2, 0.25) is 0 Å². The van der Waals surface area contributed by atoms with Crippen LogP contribution in [0.15, 0.2) is 0 Å². The maximum absolute atomic E-state index is 11.8. The van der Waals surface area contributed by atoms with E-state index in [0.717, 1.165) is 12.8 Å². The summed E-state index contributed by atoms with van der Waals surface area (Å²) in [7, 11) is 0. The number of amides is 1. The Morgan fingerprint density at radius 1 is 1.18 bits per heavy atom. The topological polar surface area (TPSA) is 90.0 Å². The molecule has 1 atom stereocenters. The largest absolute Gasteiger partial charge is 1.00 e. The minimum absolute atomic E-state index is 0. The van der Waals surface area contributed by atoms with E-state index in [1.807, 2.05) is 0 Å². The Kier molecular flexibility index (Phi) is 14.1. The molecular formula is C16H29CsN3O2-. The van der Waals surface area contributed by atoms with Gasteiger partial charge in [-0.05, 0) is 6.42 Å². The van der Waals surface area contributed by atoms with Gasteiger partial charge in [-0.3, -0.25) is 4.79 Å². The van der Waals surface area contributed by atoms with Gasteiger partial charge in [0.05, 0.1) is 6.42 Å². The standard InChI is InChI=1S/C16H29N3O2.Cs/c1-3-5-6-7-8-9-10-11-16(18-19-16)12-15(21)17-14(4-2)13-20;/h14,18-19H,2-12H2,1H3,(H,17,21);/q-2;+1/t14-;/m0./s1. The number of carbonyl (C=O) groups excluding carboxylic acids is 2. The molecule has 1 aliphatic rings. The van der Waals surface area contributed by atoms with Crippen molar-refractivity contribution in [3.63, 3.8) is 0 Å². The summed E-state index contributed by atoms with van der Waals surface area (Å²) < 4.78 is 0. The predicted molar refractivity (Wildman–Crippen MR) is 83.8 cm³/mol. The monoisotopic (exact) mass is 428 g/mol. The maximum atomic E-state index is 11.8. The number of nitrogens with one attached hydrogen (secondary N) is 3. The minimum atomic E-state index is -0.591. The van der Waals surface area contributed by atoms with Crippen LogP contribution in [0.5, 0.6) is 0 Å². The van der Waals surface area contributed by atoms with Crippen LogP contribution in [0.3, 0.4) is 0 Å². The van der Waals surface area contributed by atoms with E-state index in [0.29, 0.717) is 12.8 Å². The second kappa shape index (κ2) is 13.4. The van der Waals surface area contributed by atoms with Crippen molar-refractivity contribution < 1.29 is 78.5 Å². The number of hydrazine groups is 1. The van der Waals surface area contributed by atoms with E-state index in [4.69, 9.17) is 0 Å². The summed E-state index contributed by atoms with van der Waals surface area (Å²) in [6, 6.07) is -0.591. The van der Waals surface area contributed by atoms with Crippen LogP contribution < -0.4 is 85.1 Å². The zero-order valence-electron chi connectivity index (χ0n) is 14.2. The molecule has 1 saturated heterocycles. The van der Waals surface area contributed by atoms with Gasteiger partial charge in [0.2, 0.25) is 5.91 Å². The summed E-state index contributed by atoms with van der Waals surface area (Å²) in [6.45, 7) is 5.83. The Labute approximate surface area is 193 Å². The van der Waals surface area contributed by atoms with Crippen LogP contribution in [0.4, 0.5) is 0 Å². The fraction of sp³-hybridized carbons (Fsp3) is 0.812. The first-order valence-electron chi connectivity index (χ1n) is 8.16. The molecule has 0 spiro atoms. The molecule has 0 aromatic carbocycles. The van der Waals surface area contributed by atoms with Crippen molar-refractivity contribution in [2.75, 3.05) is 0 Å². The molecule has 22 heavy (non-hydrogen) atoms. The van der Waals surface area contributed by atoms with Gasteiger partial charge in [-0.25, -0.2) is 17.1 Å². The Morgan fingerprint density at radius 3 is 2.27 bits per heavy atom. The van der Waals surface area contributed by atoms with Gasteiger partial charge in [0.1, 0.15) is 5.66 Å². The van der Waals surface area contributed by atoms with Crippen LogP contribution in [0, 0.1) is 6.92 Å². The maximum Gasteiger partial charge on any atom is 1.00 e. The summed E-state index contributed by atoms with van der Waals surface area (Å²) in [4.78, 5) is 22.4. The van der Waals surface area contributed by atoms with Crippen LogP contribution >= 0.6 is 0 Å². The normalized spacial score (nSPS) is 16.5. The molecule has 0 aromatic rings. The van der Waals surface area contributed by atoms with Gasteiger partial charge in [-0.1, -0.05) is 57.9 Å². The smallest absolute Gasteiger partial charge is 0.540 e. The van der Waals surface area contributed by atoms with Crippen LogP contribution in [-0.4, -0.2) is 23.9 Å². The van der Waals surface area contributed by atoms with Crippen molar-refractivity contribution in [2.45, 2.75) is 82.8 Å². The molecule has 0 aromatic heterocycles. The molecule has 1 heterocycles. The van der Waals surface area contributed by atoms with Gasteiger partial charge < -0.3 is 17.0 Å². The third kappa shape index (κ3) is 10.1. The van der Waals surface area contributed by atoms with Gasteiger partial charge >= 0.3 is 68.9 Å². The molecule has 1 rings (SSSR count). The summed E-state index contributed by atoms with van der Waals surface area (Å²) >= 11 is 0. The summed E-state index contributed by atoms with van der Waals surface area (Å²) in [5, 5.41) is 2.63. The predicted octanol–water partition coefficient (Wildman–Crippen LogP) is -0.856. The van der Waals surface area contributed by atoms with E-state index >= 15 is 0 Å². The van der Waals surface area contributed by atoms with E-state index in [2.05, 4.69) is 30.0 Å². The van der Waals surface area contributed by atoms with Gasteiger partial charge in [0.15, 0.2) is 0 Å². The van der Waals surface area contributed by atoms with Crippen molar-refractivity contribution in [2.24, 2.45) is 0 Å². The van der Waals surface area contributed by atoms with Crippen molar-refractivity contribution in [3.8, 4) is 0 Å². The zero-order chi connectivity index (χ0) is 15.6. The average molecular weight is 428 g/mol. The van der Waals surface area contributed by atoms with Crippen molar-refractivity contribution in [1.29, 1.82) is 0 Å². The molecule has 1 amide bonds. The number of unbranched alkanes of at least 4 members (excludes halogenated alkanes) is 6.